The minimum atomic E-state index is 0.126. The topological polar surface area (TPSA) is 17.1 Å². The highest BCUT2D eigenvalue weighted by Gasteiger charge is 2.31. The van der Waals surface area contributed by atoms with Gasteiger partial charge in [-0.3, -0.25) is 4.79 Å². The Balaban J connectivity index is 1.30. The van der Waals surface area contributed by atoms with Crippen molar-refractivity contribution in [3.05, 3.63) is 73.1 Å². The van der Waals surface area contributed by atoms with Gasteiger partial charge in [0.15, 0.2) is 5.78 Å². The molecule has 0 unspecified atom stereocenters. The third-order valence-corrected chi connectivity index (χ3v) is 11.5. The summed E-state index contributed by atoms with van der Waals surface area (Å²) in [6, 6.07) is 13.2. The van der Waals surface area contributed by atoms with Gasteiger partial charge in [0, 0.05) is 30.6 Å². The fraction of sp³-hybridized carbons (Fsp3) is 0.258. The molecular formula is C31H28OS4. The number of benzene rings is 1. The molecule has 5 aromatic rings. The molecule has 1 aliphatic carbocycles. The Morgan fingerprint density at radius 1 is 0.639 bits per heavy atom. The van der Waals surface area contributed by atoms with Crippen molar-refractivity contribution >= 4 is 89.5 Å². The number of carbonyl (C=O) groups excluding carboxylic acids is 1. The van der Waals surface area contributed by atoms with Gasteiger partial charge in [0.05, 0.1) is 19.2 Å². The average Bonchev–Trinajstić information content (AvgIpc) is 3.58. The molecule has 4 aromatic heterocycles. The number of allylic oxidation sites excluding steroid dienone is 1. The Morgan fingerprint density at radius 2 is 1.17 bits per heavy atom. The highest BCUT2D eigenvalue weighted by Crippen LogP contribution is 2.48. The van der Waals surface area contributed by atoms with Crippen molar-refractivity contribution in [2.75, 3.05) is 0 Å². The van der Waals surface area contributed by atoms with Gasteiger partial charge in [-0.25, -0.2) is 0 Å². The summed E-state index contributed by atoms with van der Waals surface area (Å²) in [7, 11) is 0. The van der Waals surface area contributed by atoms with Gasteiger partial charge in [-0.2, -0.15) is 0 Å². The molecule has 4 heterocycles. The molecule has 36 heavy (non-hydrogen) atoms. The highest BCUT2D eigenvalue weighted by atomic mass is 32.1. The summed E-state index contributed by atoms with van der Waals surface area (Å²) in [5.41, 5.74) is 2.02. The third kappa shape index (κ3) is 4.26. The van der Waals surface area contributed by atoms with Crippen molar-refractivity contribution in [2.24, 2.45) is 5.41 Å². The second-order valence-electron chi connectivity index (χ2n) is 11.6. The van der Waals surface area contributed by atoms with E-state index in [1.54, 1.807) is 22.7 Å². The summed E-state index contributed by atoms with van der Waals surface area (Å²) >= 11 is 7.23. The van der Waals surface area contributed by atoms with Crippen LogP contribution in [-0.4, -0.2) is 5.78 Å². The minimum Gasteiger partial charge on any atom is -0.288 e. The molecule has 0 N–H and O–H groups in total. The number of carbonyl (C=O) groups is 1. The van der Waals surface area contributed by atoms with Gasteiger partial charge >= 0.3 is 0 Å². The van der Waals surface area contributed by atoms with Crippen LogP contribution in [-0.2, 0) is 5.41 Å². The van der Waals surface area contributed by atoms with Crippen LogP contribution in [0, 0.1) is 5.41 Å². The number of fused-ring (bicyclic) bond motifs is 6. The summed E-state index contributed by atoms with van der Waals surface area (Å²) in [5.74, 6) is 0.166. The molecule has 0 bridgehead atoms. The number of hydrogen-bond acceptors (Lipinski definition) is 5. The van der Waals surface area contributed by atoms with Crippen molar-refractivity contribution in [3.63, 3.8) is 0 Å². The van der Waals surface area contributed by atoms with E-state index in [0.29, 0.717) is 0 Å². The predicted molar refractivity (Wildman–Crippen MR) is 164 cm³/mol. The van der Waals surface area contributed by atoms with Gasteiger partial charge in [0.2, 0.25) is 0 Å². The predicted octanol–water partition coefficient (Wildman–Crippen LogP) is 11.0. The van der Waals surface area contributed by atoms with Gasteiger partial charge in [-0.05, 0) is 64.1 Å². The lowest BCUT2D eigenvalue weighted by atomic mass is 9.94. The molecule has 1 aromatic carbocycles. The summed E-state index contributed by atoms with van der Waals surface area (Å²) in [6.07, 6.45) is 8.73. The largest absolute Gasteiger partial charge is 0.288 e. The van der Waals surface area contributed by atoms with Crippen LogP contribution in [0.4, 0.5) is 0 Å². The molecular weight excluding hydrogens is 517 g/mol. The van der Waals surface area contributed by atoms with Crippen molar-refractivity contribution in [3.8, 4) is 9.75 Å². The first kappa shape index (κ1) is 24.1. The lowest BCUT2D eigenvalue weighted by molar-refractivity contribution is 0.104. The van der Waals surface area contributed by atoms with Crippen LogP contribution in [0.1, 0.15) is 77.0 Å². The van der Waals surface area contributed by atoms with Crippen LogP contribution in [0.15, 0.2) is 42.5 Å². The zero-order valence-corrected chi connectivity index (χ0v) is 24.6. The summed E-state index contributed by atoms with van der Waals surface area (Å²) in [5, 5.41) is 2.64. The second kappa shape index (κ2) is 8.35. The summed E-state index contributed by atoms with van der Waals surface area (Å²) in [4.78, 5) is 20.3. The Morgan fingerprint density at radius 3 is 1.75 bits per heavy atom. The molecule has 1 aliphatic rings. The van der Waals surface area contributed by atoms with Crippen LogP contribution in [0.5, 0.6) is 0 Å². The Kier molecular flexibility index (Phi) is 5.58. The van der Waals surface area contributed by atoms with E-state index < -0.39 is 0 Å². The molecule has 0 radical (unpaired) electrons. The van der Waals surface area contributed by atoms with Gasteiger partial charge in [-0.1, -0.05) is 59.8 Å². The van der Waals surface area contributed by atoms with E-state index in [4.69, 9.17) is 0 Å². The normalized spacial score (nSPS) is 14.2. The van der Waals surface area contributed by atoms with Crippen molar-refractivity contribution < 1.29 is 4.79 Å². The molecule has 182 valence electrons. The van der Waals surface area contributed by atoms with E-state index in [0.717, 1.165) is 30.6 Å². The maximum Gasteiger partial charge on any atom is 0.196 e. The Bertz CT molecular complexity index is 1710. The van der Waals surface area contributed by atoms with Crippen LogP contribution in [0.25, 0.3) is 48.2 Å². The van der Waals surface area contributed by atoms with E-state index in [2.05, 4.69) is 102 Å². The van der Waals surface area contributed by atoms with Crippen molar-refractivity contribution in [1.82, 2.24) is 0 Å². The number of rotatable bonds is 3. The van der Waals surface area contributed by atoms with E-state index in [9.17, 15) is 4.79 Å². The van der Waals surface area contributed by atoms with E-state index in [-0.39, 0.29) is 16.6 Å². The maximum absolute atomic E-state index is 13.1. The molecule has 0 spiro atoms. The van der Waals surface area contributed by atoms with Gasteiger partial charge in [0.25, 0.3) is 0 Å². The molecule has 0 atom stereocenters. The maximum atomic E-state index is 13.1. The molecule has 0 amide bonds. The Hall–Kier alpha value is -2.31. The zero-order chi connectivity index (χ0) is 25.4. The molecule has 6 rings (SSSR count). The smallest absolute Gasteiger partial charge is 0.196 e. The molecule has 0 fully saturated rings. The Labute approximate surface area is 228 Å². The van der Waals surface area contributed by atoms with Gasteiger partial charge in [-0.15, -0.1) is 45.3 Å². The zero-order valence-electron chi connectivity index (χ0n) is 21.3. The SMILES string of the molecule is CC(C)(C)/C=C/c1cc2c(s1)-c1sc(/C=C/c3cc4ccc5cc(C(C)(C)C)sc5c4s3)cc1C2=O. The molecule has 0 saturated heterocycles. The standard InChI is InChI=1S/C31H28OS4/c1-30(2,3)12-11-21-16-23-25(32)22-15-20(34-28(22)29(23)35-21)10-9-19-13-17-7-8-18-14-24(31(4,5)6)36-27(18)26(17)33-19/h7-16H,1-6H3/b10-9+,12-11+. The first-order valence-electron chi connectivity index (χ1n) is 12.1. The molecule has 5 heteroatoms. The summed E-state index contributed by atoms with van der Waals surface area (Å²) in [6.45, 7) is 13.4. The monoisotopic (exact) mass is 544 g/mol. The average molecular weight is 545 g/mol. The van der Waals surface area contributed by atoms with Crippen LogP contribution in [0.2, 0.25) is 0 Å². The quantitative estimate of drug-likeness (QED) is 0.216. The van der Waals surface area contributed by atoms with E-state index in [1.807, 2.05) is 22.7 Å². The van der Waals surface area contributed by atoms with Crippen molar-refractivity contribution in [1.29, 1.82) is 0 Å². The minimum absolute atomic E-state index is 0.126. The second-order valence-corrected chi connectivity index (χ2v) is 15.9. The lowest BCUT2D eigenvalue weighted by Gasteiger charge is -2.14. The molecule has 1 nitrogen and oxygen atoms in total. The first-order valence-corrected chi connectivity index (χ1v) is 15.4. The molecule has 0 saturated carbocycles. The lowest BCUT2D eigenvalue weighted by Crippen LogP contribution is -2.07. The third-order valence-electron chi connectivity index (χ3n) is 6.29. The van der Waals surface area contributed by atoms with Crippen LogP contribution in [0.3, 0.4) is 0 Å². The van der Waals surface area contributed by atoms with E-state index in [1.165, 1.54) is 29.9 Å². The fourth-order valence-electron chi connectivity index (χ4n) is 4.36. The van der Waals surface area contributed by atoms with Crippen LogP contribution < -0.4 is 0 Å². The van der Waals surface area contributed by atoms with Crippen molar-refractivity contribution in [2.45, 2.75) is 47.0 Å². The highest BCUT2D eigenvalue weighted by molar-refractivity contribution is 7.28. The van der Waals surface area contributed by atoms with Crippen LogP contribution >= 0.6 is 45.3 Å². The number of ketones is 1. The van der Waals surface area contributed by atoms with E-state index >= 15 is 0 Å². The summed E-state index contributed by atoms with van der Waals surface area (Å²) < 4.78 is 2.76. The van der Waals surface area contributed by atoms with Gasteiger partial charge in [0.1, 0.15) is 0 Å². The first-order chi connectivity index (χ1) is 17.0. The van der Waals surface area contributed by atoms with Gasteiger partial charge < -0.3 is 0 Å². The molecule has 0 aliphatic heterocycles. The number of hydrogen-bond donors (Lipinski definition) is 0. The number of thiophene rings is 4. The fourth-order valence-corrected chi connectivity index (χ4v) is 9.07.